The van der Waals surface area contributed by atoms with E-state index in [2.05, 4.69) is 33.1 Å². The van der Waals surface area contributed by atoms with E-state index in [1.165, 1.54) is 0 Å². The maximum atomic E-state index is 12.8. The second-order valence-corrected chi connectivity index (χ2v) is 3.00. The van der Waals surface area contributed by atoms with Crippen molar-refractivity contribution in [3.05, 3.63) is 28.0 Å². The zero-order valence-electron chi connectivity index (χ0n) is 5.94. The first-order chi connectivity index (χ1) is 6.07. The Labute approximate surface area is 85.4 Å². The Morgan fingerprint density at radius 3 is 2.46 bits per heavy atom. The summed E-state index contributed by atoms with van der Waals surface area (Å²) in [6.45, 7) is 0. The molecule has 1 nitrogen and oxygen atoms in total. The molecule has 0 aliphatic heterocycles. The molecule has 1 rings (SSSR count). The van der Waals surface area contributed by atoms with E-state index in [0.29, 0.717) is 0 Å². The fourth-order valence-corrected chi connectivity index (χ4v) is 1.17. The molecule has 1 aromatic rings. The minimum atomic E-state index is -1.55. The number of hydrogen-bond acceptors (Lipinski definition) is 2. The summed E-state index contributed by atoms with van der Waals surface area (Å²) in [5.41, 5.74) is -0.133. The van der Waals surface area contributed by atoms with Crippen molar-refractivity contribution < 1.29 is 13.2 Å². The third-order valence-electron chi connectivity index (χ3n) is 1.25. The largest absolute Gasteiger partial charge is 0.204 e. The van der Waals surface area contributed by atoms with Crippen LogP contribution < -0.4 is 0 Å². The Bertz CT molecular complexity index is 401. The van der Waals surface area contributed by atoms with Crippen molar-refractivity contribution in [1.82, 2.24) is 0 Å². The number of hydrogen-bond donors (Lipinski definition) is 0. The molecule has 6 heteroatoms. The third kappa shape index (κ3) is 1.96. The van der Waals surface area contributed by atoms with Crippen LogP contribution in [0, 0.1) is 17.5 Å². The van der Waals surface area contributed by atoms with Gasteiger partial charge in [-0.25, -0.2) is 13.2 Å². The van der Waals surface area contributed by atoms with Crippen LogP contribution in [0.1, 0.15) is 0 Å². The fourth-order valence-electron chi connectivity index (χ4n) is 0.691. The summed E-state index contributed by atoms with van der Waals surface area (Å²) >= 11 is 6.94. The van der Waals surface area contributed by atoms with Crippen molar-refractivity contribution in [3.63, 3.8) is 0 Å². The molecule has 68 valence electrons. The van der Waals surface area contributed by atoms with Crippen molar-refractivity contribution in [1.29, 1.82) is 0 Å². The van der Waals surface area contributed by atoms with Crippen LogP contribution in [0.4, 0.5) is 18.9 Å². The van der Waals surface area contributed by atoms with E-state index in [1.54, 1.807) is 0 Å². The van der Waals surface area contributed by atoms with Crippen LogP contribution in [0.3, 0.4) is 0 Å². The molecule has 0 bridgehead atoms. The van der Waals surface area contributed by atoms with Gasteiger partial charge in [0.1, 0.15) is 0 Å². The SMILES string of the molecule is Fc1cc(N=C=S)c(Br)c(F)c1F. The smallest absolute Gasteiger partial charge is 0.195 e. The van der Waals surface area contributed by atoms with Crippen molar-refractivity contribution in [2.45, 2.75) is 0 Å². The standard InChI is InChI=1S/C7HBrF3NS/c8-5-4(12-2-13)1-3(9)6(10)7(5)11/h1H. The molecule has 0 amide bonds. The molecule has 0 aliphatic carbocycles. The average Bonchev–Trinajstić information content (AvgIpc) is 2.11. The molecule has 0 saturated carbocycles. The minimum absolute atomic E-state index is 0.133. The molecule has 1 aromatic carbocycles. The highest BCUT2D eigenvalue weighted by Crippen LogP contribution is 2.30. The maximum Gasteiger partial charge on any atom is 0.195 e. The minimum Gasteiger partial charge on any atom is -0.204 e. The Kier molecular flexibility index (Phi) is 3.19. The number of aliphatic imine (C=N–C) groups is 1. The molecule has 0 heterocycles. The summed E-state index contributed by atoms with van der Waals surface area (Å²) in [6.07, 6.45) is 0. The topological polar surface area (TPSA) is 12.4 Å². The normalized spacial score (nSPS) is 9.54. The Hall–Kier alpha value is -0.710. The number of halogens is 4. The highest BCUT2D eigenvalue weighted by atomic mass is 79.9. The number of rotatable bonds is 1. The van der Waals surface area contributed by atoms with E-state index >= 15 is 0 Å². The van der Waals surface area contributed by atoms with Gasteiger partial charge in [-0.1, -0.05) is 0 Å². The summed E-state index contributed by atoms with van der Waals surface area (Å²) in [5, 5.41) is 1.92. The van der Waals surface area contributed by atoms with Gasteiger partial charge < -0.3 is 0 Å². The second-order valence-electron chi connectivity index (χ2n) is 2.02. The molecule has 0 N–H and O–H groups in total. The number of thiocarbonyl (C=S) groups is 1. The molecule has 0 saturated heterocycles. The maximum absolute atomic E-state index is 12.8. The van der Waals surface area contributed by atoms with Gasteiger partial charge in [-0.3, -0.25) is 0 Å². The molecule has 0 unspecified atom stereocenters. The molecule has 13 heavy (non-hydrogen) atoms. The lowest BCUT2D eigenvalue weighted by molar-refractivity contribution is 0.444. The van der Waals surface area contributed by atoms with Crippen LogP contribution >= 0.6 is 28.1 Å². The molecule has 0 spiro atoms. The van der Waals surface area contributed by atoms with Gasteiger partial charge in [-0.05, 0) is 28.1 Å². The van der Waals surface area contributed by atoms with E-state index in [1.807, 2.05) is 5.16 Å². The van der Waals surface area contributed by atoms with Gasteiger partial charge in [0.15, 0.2) is 17.5 Å². The molecular weight excluding hydrogens is 267 g/mol. The summed E-state index contributed by atoms with van der Waals surface area (Å²) in [6, 6.07) is 0.724. The fraction of sp³-hybridized carbons (Fsp3) is 0. The van der Waals surface area contributed by atoms with Gasteiger partial charge >= 0.3 is 0 Å². The summed E-state index contributed by atoms with van der Waals surface area (Å²) < 4.78 is 37.6. The lowest BCUT2D eigenvalue weighted by Gasteiger charge is -2.00. The number of nitrogens with zero attached hydrogens (tertiary/aromatic N) is 1. The average molecular weight is 268 g/mol. The number of benzene rings is 1. The lowest BCUT2D eigenvalue weighted by atomic mass is 10.3. The second kappa shape index (κ2) is 4.00. The molecule has 0 radical (unpaired) electrons. The Morgan fingerprint density at radius 2 is 1.92 bits per heavy atom. The highest BCUT2D eigenvalue weighted by molar-refractivity contribution is 9.10. The zero-order chi connectivity index (χ0) is 10.0. The molecule has 0 aromatic heterocycles. The van der Waals surface area contributed by atoms with Gasteiger partial charge in [0.2, 0.25) is 0 Å². The van der Waals surface area contributed by atoms with E-state index < -0.39 is 17.5 Å². The van der Waals surface area contributed by atoms with Crippen LogP contribution in [-0.4, -0.2) is 5.16 Å². The molecular formula is C7HBrF3NS. The summed E-state index contributed by atoms with van der Waals surface area (Å²) in [4.78, 5) is 3.34. The van der Waals surface area contributed by atoms with Gasteiger partial charge in [-0.2, -0.15) is 4.99 Å². The van der Waals surface area contributed by atoms with Crippen LogP contribution in [0.2, 0.25) is 0 Å². The van der Waals surface area contributed by atoms with E-state index in [9.17, 15) is 13.2 Å². The summed E-state index contributed by atoms with van der Waals surface area (Å²) in [5.74, 6) is -4.19. The highest BCUT2D eigenvalue weighted by Gasteiger charge is 2.16. The van der Waals surface area contributed by atoms with Crippen LogP contribution in [0.15, 0.2) is 15.5 Å². The van der Waals surface area contributed by atoms with E-state index in [0.717, 1.165) is 6.07 Å². The predicted molar refractivity (Wildman–Crippen MR) is 48.7 cm³/mol. The van der Waals surface area contributed by atoms with Crippen molar-refractivity contribution in [3.8, 4) is 0 Å². The molecule has 0 fully saturated rings. The van der Waals surface area contributed by atoms with Crippen molar-refractivity contribution in [2.24, 2.45) is 4.99 Å². The van der Waals surface area contributed by atoms with E-state index in [-0.39, 0.29) is 10.2 Å². The first-order valence-electron chi connectivity index (χ1n) is 2.98. The van der Waals surface area contributed by atoms with Crippen LogP contribution in [0.25, 0.3) is 0 Å². The number of isothiocyanates is 1. The monoisotopic (exact) mass is 267 g/mol. The van der Waals surface area contributed by atoms with Crippen molar-refractivity contribution >= 4 is 39.0 Å². The summed E-state index contributed by atoms with van der Waals surface area (Å²) in [7, 11) is 0. The van der Waals surface area contributed by atoms with Gasteiger partial charge in [0.25, 0.3) is 0 Å². The molecule has 0 atom stereocenters. The van der Waals surface area contributed by atoms with Crippen LogP contribution in [-0.2, 0) is 0 Å². The van der Waals surface area contributed by atoms with Crippen LogP contribution in [0.5, 0.6) is 0 Å². The third-order valence-corrected chi connectivity index (χ3v) is 2.10. The Balaban J connectivity index is 3.49. The quantitative estimate of drug-likeness (QED) is 0.328. The first-order valence-corrected chi connectivity index (χ1v) is 4.19. The lowest BCUT2D eigenvalue weighted by Crippen LogP contribution is -1.91. The first kappa shape index (κ1) is 10.4. The Morgan fingerprint density at radius 1 is 1.31 bits per heavy atom. The van der Waals surface area contributed by atoms with Crippen molar-refractivity contribution in [2.75, 3.05) is 0 Å². The molecule has 0 aliphatic rings. The van der Waals surface area contributed by atoms with Gasteiger partial charge in [0, 0.05) is 6.07 Å². The predicted octanol–water partition coefficient (Wildman–Crippen LogP) is 3.60. The van der Waals surface area contributed by atoms with E-state index in [4.69, 9.17) is 0 Å². The van der Waals surface area contributed by atoms with Gasteiger partial charge in [-0.15, -0.1) is 0 Å². The zero-order valence-corrected chi connectivity index (χ0v) is 8.35. The van der Waals surface area contributed by atoms with Gasteiger partial charge in [0.05, 0.1) is 15.3 Å².